The number of nitrogens with one attached hydrogen (secondary N) is 1. The van der Waals surface area contributed by atoms with E-state index in [9.17, 15) is 0 Å². The Morgan fingerprint density at radius 3 is 2.42 bits per heavy atom. The van der Waals surface area contributed by atoms with Gasteiger partial charge in [-0.1, -0.05) is 6.42 Å². The molecule has 3 fully saturated rings. The van der Waals surface area contributed by atoms with Gasteiger partial charge in [0.25, 0.3) is 0 Å². The first-order valence-electron chi connectivity index (χ1n) is 8.53. The number of likely N-dealkylation sites (tertiary alicyclic amines) is 1. The van der Waals surface area contributed by atoms with Gasteiger partial charge >= 0.3 is 0 Å². The Bertz CT molecular complexity index is 306. The summed E-state index contributed by atoms with van der Waals surface area (Å²) in [6, 6.07) is 0.662. The molecule has 4 atom stereocenters. The van der Waals surface area contributed by atoms with Crippen LogP contribution >= 0.6 is 0 Å². The Morgan fingerprint density at radius 1 is 1.16 bits per heavy atom. The van der Waals surface area contributed by atoms with Crippen molar-refractivity contribution in [2.75, 3.05) is 20.1 Å². The van der Waals surface area contributed by atoms with Gasteiger partial charge in [-0.15, -0.1) is 0 Å². The van der Waals surface area contributed by atoms with Crippen LogP contribution < -0.4 is 5.32 Å². The van der Waals surface area contributed by atoms with E-state index in [0.717, 1.165) is 17.8 Å². The maximum atomic E-state index is 3.66. The smallest absolute Gasteiger partial charge is 0.0306 e. The number of rotatable bonds is 5. The quantitative estimate of drug-likeness (QED) is 0.820. The second-order valence-electron chi connectivity index (χ2n) is 7.86. The summed E-state index contributed by atoms with van der Waals surface area (Å²) in [5.41, 5.74) is 0.326. The molecule has 1 N–H and O–H groups in total. The summed E-state index contributed by atoms with van der Waals surface area (Å²) in [7, 11) is 2.18. The van der Waals surface area contributed by atoms with Crippen LogP contribution in [0.2, 0.25) is 0 Å². The molecule has 1 aliphatic heterocycles. The summed E-state index contributed by atoms with van der Waals surface area (Å²) in [6.07, 6.45) is 10.3. The van der Waals surface area contributed by atoms with E-state index < -0.39 is 0 Å². The highest BCUT2D eigenvalue weighted by Gasteiger charge is 2.43. The minimum Gasteiger partial charge on any atom is -0.315 e. The molecule has 2 heteroatoms. The van der Waals surface area contributed by atoms with Crippen molar-refractivity contribution in [2.45, 2.75) is 70.4 Å². The first kappa shape index (κ1) is 13.9. The summed E-state index contributed by atoms with van der Waals surface area (Å²) in [4.78, 5) is 2.72. The van der Waals surface area contributed by atoms with Crippen LogP contribution in [0.1, 0.15) is 58.8 Å². The molecule has 4 unspecified atom stereocenters. The number of fused-ring (bicyclic) bond motifs is 2. The first-order chi connectivity index (χ1) is 9.11. The third-order valence-electron chi connectivity index (χ3n) is 6.55. The highest BCUT2D eigenvalue weighted by molar-refractivity contribution is 4.99. The second-order valence-corrected chi connectivity index (χ2v) is 7.86. The fraction of sp³-hybridized carbons (Fsp3) is 1.00. The molecule has 2 nitrogen and oxygen atoms in total. The molecule has 2 aliphatic carbocycles. The fourth-order valence-electron chi connectivity index (χ4n) is 5.24. The number of hydrogen-bond donors (Lipinski definition) is 1. The zero-order chi connectivity index (χ0) is 13.5. The van der Waals surface area contributed by atoms with Crippen LogP contribution in [-0.4, -0.2) is 36.6 Å². The average molecular weight is 264 g/mol. The highest BCUT2D eigenvalue weighted by Crippen LogP contribution is 2.50. The van der Waals surface area contributed by atoms with Gasteiger partial charge in [-0.3, -0.25) is 4.90 Å². The monoisotopic (exact) mass is 264 g/mol. The van der Waals surface area contributed by atoms with Crippen LogP contribution in [-0.2, 0) is 0 Å². The van der Waals surface area contributed by atoms with Crippen molar-refractivity contribution >= 4 is 0 Å². The van der Waals surface area contributed by atoms with Crippen LogP contribution in [0.3, 0.4) is 0 Å². The predicted octanol–water partition coefficient (Wildman–Crippen LogP) is 3.28. The number of hydrogen-bond acceptors (Lipinski definition) is 2. The van der Waals surface area contributed by atoms with Crippen molar-refractivity contribution in [3.63, 3.8) is 0 Å². The van der Waals surface area contributed by atoms with E-state index >= 15 is 0 Å². The molecule has 3 rings (SSSR count). The van der Waals surface area contributed by atoms with Gasteiger partial charge in [0.2, 0.25) is 0 Å². The van der Waals surface area contributed by atoms with Gasteiger partial charge in [0.05, 0.1) is 0 Å². The summed E-state index contributed by atoms with van der Waals surface area (Å²) in [5, 5.41) is 3.66. The van der Waals surface area contributed by atoms with Crippen molar-refractivity contribution < 1.29 is 0 Å². The van der Waals surface area contributed by atoms with Gasteiger partial charge in [0, 0.05) is 11.6 Å². The molecule has 0 radical (unpaired) electrons. The lowest BCUT2D eigenvalue weighted by Gasteiger charge is -2.44. The first-order valence-corrected chi connectivity index (χ1v) is 8.53. The van der Waals surface area contributed by atoms with Gasteiger partial charge in [-0.2, -0.15) is 0 Å². The molecular weight excluding hydrogens is 232 g/mol. The minimum absolute atomic E-state index is 0.326. The summed E-state index contributed by atoms with van der Waals surface area (Å²) in [5.74, 6) is 3.16. The Hall–Kier alpha value is -0.0800. The van der Waals surface area contributed by atoms with Crippen LogP contribution in [0.5, 0.6) is 0 Å². The third kappa shape index (κ3) is 2.58. The van der Waals surface area contributed by atoms with E-state index in [4.69, 9.17) is 0 Å². The van der Waals surface area contributed by atoms with Gasteiger partial charge in [-0.05, 0) is 90.3 Å². The summed E-state index contributed by atoms with van der Waals surface area (Å²) >= 11 is 0. The Balaban J connectivity index is 1.63. The molecular formula is C17H32N2. The molecule has 2 bridgehead atoms. The Morgan fingerprint density at radius 2 is 1.89 bits per heavy atom. The van der Waals surface area contributed by atoms with Crippen molar-refractivity contribution in [1.29, 1.82) is 0 Å². The van der Waals surface area contributed by atoms with Crippen molar-refractivity contribution in [1.82, 2.24) is 10.2 Å². The molecule has 3 aliphatic rings. The normalized spacial score (nSPS) is 37.1. The van der Waals surface area contributed by atoms with Gasteiger partial charge in [0.1, 0.15) is 0 Å². The molecule has 2 saturated carbocycles. The highest BCUT2D eigenvalue weighted by atomic mass is 15.2. The maximum absolute atomic E-state index is 3.66. The van der Waals surface area contributed by atoms with E-state index in [0.29, 0.717) is 11.6 Å². The fourth-order valence-corrected chi connectivity index (χ4v) is 5.24. The lowest BCUT2D eigenvalue weighted by molar-refractivity contribution is 0.0908. The molecule has 19 heavy (non-hydrogen) atoms. The number of likely N-dealkylation sites (N-methyl/N-ethyl adjacent to an activating group) is 1. The van der Waals surface area contributed by atoms with Gasteiger partial charge < -0.3 is 5.32 Å². The molecule has 0 amide bonds. The molecule has 1 heterocycles. The van der Waals surface area contributed by atoms with Crippen LogP contribution in [0, 0.1) is 17.8 Å². The average Bonchev–Trinajstić information content (AvgIpc) is 3.11. The van der Waals surface area contributed by atoms with Crippen LogP contribution in [0.4, 0.5) is 0 Å². The summed E-state index contributed by atoms with van der Waals surface area (Å²) in [6.45, 7) is 7.54. The largest absolute Gasteiger partial charge is 0.315 e. The lowest BCUT2D eigenvalue weighted by Crippen LogP contribution is -2.56. The standard InChI is InChI=1S/C17H32N2/c1-17(2,19-8-4-5-9-19)16(18-3)12-15-11-13-6-7-14(15)10-13/h13-16,18H,4-12H2,1-3H3. The molecule has 1 saturated heterocycles. The Labute approximate surface area is 119 Å². The molecule has 110 valence electrons. The maximum Gasteiger partial charge on any atom is 0.0306 e. The van der Waals surface area contributed by atoms with Gasteiger partial charge in [0.15, 0.2) is 0 Å². The SMILES string of the molecule is CNC(CC1CC2CCC1C2)C(C)(C)N1CCCC1. The third-order valence-corrected chi connectivity index (χ3v) is 6.55. The lowest BCUT2D eigenvalue weighted by atomic mass is 9.79. The van der Waals surface area contributed by atoms with Crippen molar-refractivity contribution in [3.05, 3.63) is 0 Å². The molecule has 0 aromatic carbocycles. The molecule has 0 spiro atoms. The van der Waals surface area contributed by atoms with Crippen molar-refractivity contribution in [2.24, 2.45) is 17.8 Å². The van der Waals surface area contributed by atoms with E-state index in [1.54, 1.807) is 6.42 Å². The topological polar surface area (TPSA) is 15.3 Å². The minimum atomic E-state index is 0.326. The zero-order valence-electron chi connectivity index (χ0n) is 13.1. The van der Waals surface area contributed by atoms with E-state index in [-0.39, 0.29) is 0 Å². The van der Waals surface area contributed by atoms with Crippen molar-refractivity contribution in [3.8, 4) is 0 Å². The molecule has 0 aromatic heterocycles. The molecule has 0 aromatic rings. The van der Waals surface area contributed by atoms with Crippen LogP contribution in [0.25, 0.3) is 0 Å². The summed E-state index contributed by atoms with van der Waals surface area (Å²) < 4.78 is 0. The zero-order valence-corrected chi connectivity index (χ0v) is 13.1. The second kappa shape index (κ2) is 5.37. The van der Waals surface area contributed by atoms with Crippen LogP contribution in [0.15, 0.2) is 0 Å². The number of nitrogens with zero attached hydrogens (tertiary/aromatic N) is 1. The predicted molar refractivity (Wildman–Crippen MR) is 81.3 cm³/mol. The van der Waals surface area contributed by atoms with Gasteiger partial charge in [-0.25, -0.2) is 0 Å². The Kier molecular flexibility index (Phi) is 3.92. The van der Waals surface area contributed by atoms with E-state index in [1.165, 1.54) is 51.6 Å². The van der Waals surface area contributed by atoms with E-state index in [1.807, 2.05) is 0 Å². The van der Waals surface area contributed by atoms with E-state index in [2.05, 4.69) is 31.1 Å².